The first-order valence-corrected chi connectivity index (χ1v) is 8.81. The largest absolute Gasteiger partial charge is 0.342 e. The summed E-state index contributed by atoms with van der Waals surface area (Å²) < 4.78 is 0. The predicted molar refractivity (Wildman–Crippen MR) is 105 cm³/mol. The minimum Gasteiger partial charge on any atom is -0.342 e. The number of rotatable bonds is 7. The molecule has 3 amide bonds. The molecule has 2 aromatic rings. The molecule has 7 heteroatoms. The number of carbonyl (C=O) groups is 3. The monoisotopic (exact) mass is 368 g/mol. The standard InChI is InChI=1S/C20H24N4O3/c1-4-5-11-24(3)20(27)15-9-10-21-18(12-15)19(26)23-17-8-6-7-16(13-17)22-14(2)25/h6-10,12-13H,4-5,11H2,1-3H3,(H,22,25)(H,23,26). The highest BCUT2D eigenvalue weighted by atomic mass is 16.2. The summed E-state index contributed by atoms with van der Waals surface area (Å²) in [7, 11) is 1.74. The van der Waals surface area contributed by atoms with Crippen molar-refractivity contribution in [1.82, 2.24) is 9.88 Å². The summed E-state index contributed by atoms with van der Waals surface area (Å²) in [6, 6.07) is 9.87. The summed E-state index contributed by atoms with van der Waals surface area (Å²) >= 11 is 0. The Morgan fingerprint density at radius 2 is 1.78 bits per heavy atom. The van der Waals surface area contributed by atoms with E-state index in [1.165, 1.54) is 19.2 Å². The fraction of sp³-hybridized carbons (Fsp3) is 0.300. The molecule has 0 unspecified atom stereocenters. The number of hydrogen-bond acceptors (Lipinski definition) is 4. The van der Waals surface area contributed by atoms with Gasteiger partial charge in [-0.15, -0.1) is 0 Å². The molecule has 0 aliphatic rings. The topological polar surface area (TPSA) is 91.4 Å². The van der Waals surface area contributed by atoms with Crippen molar-refractivity contribution in [2.24, 2.45) is 0 Å². The van der Waals surface area contributed by atoms with Gasteiger partial charge in [0.2, 0.25) is 5.91 Å². The van der Waals surface area contributed by atoms with Crippen LogP contribution in [0.2, 0.25) is 0 Å². The number of nitrogens with zero attached hydrogens (tertiary/aromatic N) is 2. The molecule has 142 valence electrons. The number of pyridine rings is 1. The van der Waals surface area contributed by atoms with Crippen molar-refractivity contribution in [2.75, 3.05) is 24.2 Å². The summed E-state index contributed by atoms with van der Waals surface area (Å²) in [5, 5.41) is 5.38. The van der Waals surface area contributed by atoms with Crippen molar-refractivity contribution >= 4 is 29.1 Å². The van der Waals surface area contributed by atoms with Crippen molar-refractivity contribution in [3.05, 3.63) is 53.9 Å². The molecule has 0 fully saturated rings. The Kier molecular flexibility index (Phi) is 7.05. The quantitative estimate of drug-likeness (QED) is 0.785. The average Bonchev–Trinajstić information content (AvgIpc) is 2.65. The Morgan fingerprint density at radius 1 is 1.07 bits per heavy atom. The molecule has 2 rings (SSSR count). The second-order valence-electron chi connectivity index (χ2n) is 6.23. The lowest BCUT2D eigenvalue weighted by Crippen LogP contribution is -2.28. The van der Waals surface area contributed by atoms with E-state index in [1.807, 2.05) is 0 Å². The molecular weight excluding hydrogens is 344 g/mol. The van der Waals surface area contributed by atoms with Gasteiger partial charge in [0.05, 0.1) is 0 Å². The third-order valence-corrected chi connectivity index (χ3v) is 3.87. The number of aromatic nitrogens is 1. The minimum atomic E-state index is -0.430. The van der Waals surface area contributed by atoms with E-state index in [0.29, 0.717) is 23.5 Å². The number of anilines is 2. The Hall–Kier alpha value is -3.22. The Labute approximate surface area is 158 Å². The number of carbonyl (C=O) groups excluding carboxylic acids is 3. The Balaban J connectivity index is 2.11. The molecule has 7 nitrogen and oxygen atoms in total. The minimum absolute atomic E-state index is 0.146. The fourth-order valence-electron chi connectivity index (χ4n) is 2.48. The van der Waals surface area contributed by atoms with Crippen molar-refractivity contribution in [3.63, 3.8) is 0 Å². The number of unbranched alkanes of at least 4 members (excludes halogenated alkanes) is 1. The van der Waals surface area contributed by atoms with Crippen LogP contribution in [0.3, 0.4) is 0 Å². The third kappa shape index (κ3) is 5.91. The van der Waals surface area contributed by atoms with Gasteiger partial charge in [-0.25, -0.2) is 0 Å². The normalized spacial score (nSPS) is 10.2. The van der Waals surface area contributed by atoms with Gasteiger partial charge in [-0.1, -0.05) is 19.4 Å². The van der Waals surface area contributed by atoms with E-state index in [4.69, 9.17) is 0 Å². The van der Waals surface area contributed by atoms with Gasteiger partial charge in [0.1, 0.15) is 5.69 Å². The van der Waals surface area contributed by atoms with E-state index < -0.39 is 5.91 Å². The molecule has 0 radical (unpaired) electrons. The van der Waals surface area contributed by atoms with Crippen LogP contribution in [0.4, 0.5) is 11.4 Å². The highest BCUT2D eigenvalue weighted by Crippen LogP contribution is 2.16. The van der Waals surface area contributed by atoms with Crippen LogP contribution < -0.4 is 10.6 Å². The van der Waals surface area contributed by atoms with Crippen molar-refractivity contribution < 1.29 is 14.4 Å². The fourth-order valence-corrected chi connectivity index (χ4v) is 2.48. The summed E-state index contributed by atoms with van der Waals surface area (Å²) in [6.45, 7) is 4.14. The van der Waals surface area contributed by atoms with Gasteiger partial charge in [0.25, 0.3) is 11.8 Å². The molecule has 0 bridgehead atoms. The van der Waals surface area contributed by atoms with Gasteiger partial charge in [0, 0.05) is 43.7 Å². The van der Waals surface area contributed by atoms with Gasteiger partial charge >= 0.3 is 0 Å². The van der Waals surface area contributed by atoms with Crippen LogP contribution >= 0.6 is 0 Å². The van der Waals surface area contributed by atoms with Crippen LogP contribution in [-0.2, 0) is 4.79 Å². The molecule has 0 saturated carbocycles. The van der Waals surface area contributed by atoms with Crippen LogP contribution in [0.1, 0.15) is 47.5 Å². The molecule has 1 aromatic carbocycles. The molecule has 0 aliphatic heterocycles. The van der Waals surface area contributed by atoms with E-state index in [1.54, 1.807) is 42.3 Å². The van der Waals surface area contributed by atoms with E-state index >= 15 is 0 Å². The summed E-state index contributed by atoms with van der Waals surface area (Å²) in [6.07, 6.45) is 3.37. The van der Waals surface area contributed by atoms with E-state index in [-0.39, 0.29) is 17.5 Å². The smallest absolute Gasteiger partial charge is 0.274 e. The van der Waals surface area contributed by atoms with Gasteiger partial charge in [-0.3, -0.25) is 19.4 Å². The summed E-state index contributed by atoms with van der Waals surface area (Å²) in [5.41, 5.74) is 1.66. The molecule has 0 saturated heterocycles. The number of nitrogens with one attached hydrogen (secondary N) is 2. The van der Waals surface area contributed by atoms with Gasteiger partial charge in [0.15, 0.2) is 0 Å². The lowest BCUT2D eigenvalue weighted by molar-refractivity contribution is -0.114. The second-order valence-corrected chi connectivity index (χ2v) is 6.23. The molecule has 1 aromatic heterocycles. The predicted octanol–water partition coefficient (Wildman–Crippen LogP) is 3.16. The maximum Gasteiger partial charge on any atom is 0.274 e. The molecule has 2 N–H and O–H groups in total. The second kappa shape index (κ2) is 9.47. The van der Waals surface area contributed by atoms with E-state index in [9.17, 15) is 14.4 Å². The third-order valence-electron chi connectivity index (χ3n) is 3.87. The molecule has 0 aliphatic carbocycles. The van der Waals surface area contributed by atoms with Crippen molar-refractivity contribution in [2.45, 2.75) is 26.7 Å². The van der Waals surface area contributed by atoms with Crippen LogP contribution in [0, 0.1) is 0 Å². The van der Waals surface area contributed by atoms with E-state index in [0.717, 1.165) is 12.8 Å². The lowest BCUT2D eigenvalue weighted by Gasteiger charge is -2.17. The van der Waals surface area contributed by atoms with Gasteiger partial charge < -0.3 is 15.5 Å². The molecule has 0 spiro atoms. The number of hydrogen-bond donors (Lipinski definition) is 2. The Bertz CT molecular complexity index is 835. The molecule has 1 heterocycles. The summed E-state index contributed by atoms with van der Waals surface area (Å²) in [5.74, 6) is -0.771. The highest BCUT2D eigenvalue weighted by Gasteiger charge is 2.15. The zero-order chi connectivity index (χ0) is 19.8. The van der Waals surface area contributed by atoms with Crippen LogP contribution in [0.15, 0.2) is 42.6 Å². The maximum absolute atomic E-state index is 12.5. The molecule has 27 heavy (non-hydrogen) atoms. The first kappa shape index (κ1) is 20.1. The first-order chi connectivity index (χ1) is 12.9. The van der Waals surface area contributed by atoms with Crippen LogP contribution in [0.5, 0.6) is 0 Å². The lowest BCUT2D eigenvalue weighted by atomic mass is 10.2. The zero-order valence-corrected chi connectivity index (χ0v) is 15.8. The number of benzene rings is 1. The Morgan fingerprint density at radius 3 is 2.44 bits per heavy atom. The first-order valence-electron chi connectivity index (χ1n) is 8.81. The number of amides is 3. The molecule has 0 atom stereocenters. The van der Waals surface area contributed by atoms with Crippen molar-refractivity contribution in [3.8, 4) is 0 Å². The zero-order valence-electron chi connectivity index (χ0n) is 15.8. The van der Waals surface area contributed by atoms with Crippen molar-refractivity contribution in [1.29, 1.82) is 0 Å². The van der Waals surface area contributed by atoms with Crippen LogP contribution in [-0.4, -0.2) is 41.2 Å². The highest BCUT2D eigenvalue weighted by molar-refractivity contribution is 6.05. The van der Waals surface area contributed by atoms with E-state index in [2.05, 4.69) is 22.5 Å². The summed E-state index contributed by atoms with van der Waals surface area (Å²) in [4.78, 5) is 41.8. The maximum atomic E-state index is 12.5. The van der Waals surface area contributed by atoms with Gasteiger partial charge in [-0.2, -0.15) is 0 Å². The SMILES string of the molecule is CCCCN(C)C(=O)c1ccnc(C(=O)Nc2cccc(NC(C)=O)c2)c1. The average molecular weight is 368 g/mol. The molecular formula is C20H24N4O3. The van der Waals surface area contributed by atoms with Gasteiger partial charge in [-0.05, 0) is 36.8 Å². The van der Waals surface area contributed by atoms with Crippen LogP contribution in [0.25, 0.3) is 0 Å².